The molecule has 0 aromatic heterocycles. The molecule has 3 aromatic rings. The standard InChI is InChI=1S/C26H20O6/c1-16-21(31-23(27)15-17-6-4-3-5-7-17)13-12-20-24(28)22(32-25(16)20)14-18-8-10-19(11-9-18)26(29)30-2/h3-14H,15H2,1-2H3/b22-14-. The second kappa shape index (κ2) is 8.89. The zero-order valence-corrected chi connectivity index (χ0v) is 17.6. The molecule has 0 fully saturated rings. The van der Waals surface area contributed by atoms with Crippen molar-refractivity contribution in [1.29, 1.82) is 0 Å². The quantitative estimate of drug-likeness (QED) is 0.337. The number of methoxy groups -OCH3 is 1. The van der Waals surface area contributed by atoms with Crippen LogP contribution in [0.25, 0.3) is 6.08 Å². The number of carbonyl (C=O) groups is 3. The third kappa shape index (κ3) is 4.30. The van der Waals surface area contributed by atoms with Crippen molar-refractivity contribution in [2.75, 3.05) is 7.11 Å². The predicted molar refractivity (Wildman–Crippen MR) is 118 cm³/mol. The van der Waals surface area contributed by atoms with Crippen LogP contribution in [0.15, 0.2) is 72.5 Å². The first kappa shape index (κ1) is 21.1. The summed E-state index contributed by atoms with van der Waals surface area (Å²) in [6.45, 7) is 1.74. The second-order valence-corrected chi connectivity index (χ2v) is 7.26. The summed E-state index contributed by atoms with van der Waals surface area (Å²) in [5, 5.41) is 0. The van der Waals surface area contributed by atoms with Gasteiger partial charge in [-0.3, -0.25) is 9.59 Å². The van der Waals surface area contributed by atoms with Crippen molar-refractivity contribution in [3.05, 3.63) is 100 Å². The van der Waals surface area contributed by atoms with Gasteiger partial charge >= 0.3 is 11.9 Å². The SMILES string of the molecule is COC(=O)c1ccc(/C=C2\Oc3c(ccc(OC(=O)Cc4ccccc4)c3C)C2=O)cc1. The fourth-order valence-electron chi connectivity index (χ4n) is 3.38. The molecule has 0 bridgehead atoms. The van der Waals surface area contributed by atoms with Crippen molar-refractivity contribution in [3.8, 4) is 11.5 Å². The highest BCUT2D eigenvalue weighted by Gasteiger charge is 2.30. The van der Waals surface area contributed by atoms with Gasteiger partial charge in [0.2, 0.25) is 5.78 Å². The van der Waals surface area contributed by atoms with Gasteiger partial charge in [0.05, 0.1) is 24.7 Å². The summed E-state index contributed by atoms with van der Waals surface area (Å²) >= 11 is 0. The predicted octanol–water partition coefficient (Wildman–Crippen LogP) is 4.55. The molecule has 6 heteroatoms. The minimum atomic E-state index is -0.435. The molecule has 1 heterocycles. The Morgan fingerprint density at radius 3 is 2.38 bits per heavy atom. The third-order valence-electron chi connectivity index (χ3n) is 5.08. The number of benzene rings is 3. The molecule has 0 atom stereocenters. The summed E-state index contributed by atoms with van der Waals surface area (Å²) in [7, 11) is 1.32. The molecular weight excluding hydrogens is 408 g/mol. The van der Waals surface area contributed by atoms with E-state index >= 15 is 0 Å². The number of hydrogen-bond acceptors (Lipinski definition) is 6. The number of carbonyl (C=O) groups excluding carboxylic acids is 3. The van der Waals surface area contributed by atoms with Gasteiger partial charge in [-0.15, -0.1) is 0 Å². The van der Waals surface area contributed by atoms with Crippen LogP contribution in [-0.4, -0.2) is 24.8 Å². The number of ketones is 1. The summed E-state index contributed by atoms with van der Waals surface area (Å²) in [6.07, 6.45) is 1.74. The van der Waals surface area contributed by atoms with E-state index in [4.69, 9.17) is 9.47 Å². The molecule has 0 N–H and O–H groups in total. The average Bonchev–Trinajstić information content (AvgIpc) is 3.12. The molecular formula is C26H20O6. The Labute approximate surface area is 185 Å². The Balaban J connectivity index is 1.52. The van der Waals surface area contributed by atoms with Crippen molar-refractivity contribution in [2.24, 2.45) is 0 Å². The van der Waals surface area contributed by atoms with E-state index in [1.165, 1.54) is 7.11 Å². The fourth-order valence-corrected chi connectivity index (χ4v) is 3.38. The van der Waals surface area contributed by atoms with Crippen molar-refractivity contribution < 1.29 is 28.6 Å². The minimum Gasteiger partial charge on any atom is -0.465 e. The molecule has 0 radical (unpaired) electrons. The summed E-state index contributed by atoms with van der Waals surface area (Å²) in [6, 6.07) is 19.1. The van der Waals surface area contributed by atoms with Crippen LogP contribution in [0.2, 0.25) is 0 Å². The van der Waals surface area contributed by atoms with Crippen LogP contribution >= 0.6 is 0 Å². The van der Waals surface area contributed by atoms with Gasteiger partial charge < -0.3 is 14.2 Å². The highest BCUT2D eigenvalue weighted by molar-refractivity contribution is 6.15. The van der Waals surface area contributed by atoms with Gasteiger partial charge in [0.15, 0.2) is 5.76 Å². The Morgan fingerprint density at radius 2 is 1.69 bits per heavy atom. The van der Waals surface area contributed by atoms with Crippen LogP contribution in [0.1, 0.15) is 37.4 Å². The maximum absolute atomic E-state index is 12.8. The number of hydrogen-bond donors (Lipinski definition) is 0. The lowest BCUT2D eigenvalue weighted by Crippen LogP contribution is -2.12. The lowest BCUT2D eigenvalue weighted by atomic mass is 10.1. The molecule has 1 aliphatic rings. The maximum Gasteiger partial charge on any atom is 0.337 e. The van der Waals surface area contributed by atoms with E-state index in [0.29, 0.717) is 33.8 Å². The van der Waals surface area contributed by atoms with E-state index in [1.54, 1.807) is 49.4 Å². The molecule has 6 nitrogen and oxygen atoms in total. The molecule has 160 valence electrons. The van der Waals surface area contributed by atoms with Crippen LogP contribution in [0.5, 0.6) is 11.5 Å². The number of ether oxygens (including phenoxy) is 3. The topological polar surface area (TPSA) is 78.9 Å². The van der Waals surface area contributed by atoms with E-state index in [0.717, 1.165) is 5.56 Å². The van der Waals surface area contributed by atoms with Gasteiger partial charge in [-0.1, -0.05) is 42.5 Å². The molecule has 0 spiro atoms. The summed E-state index contributed by atoms with van der Waals surface area (Å²) in [4.78, 5) is 36.7. The Kier molecular flexibility index (Phi) is 5.85. The molecule has 3 aromatic carbocycles. The largest absolute Gasteiger partial charge is 0.465 e. The Hall–Kier alpha value is -4.19. The second-order valence-electron chi connectivity index (χ2n) is 7.26. The van der Waals surface area contributed by atoms with Gasteiger partial charge in [-0.05, 0) is 48.4 Å². The molecule has 0 saturated carbocycles. The summed E-state index contributed by atoms with van der Waals surface area (Å²) in [5.41, 5.74) is 2.94. The monoisotopic (exact) mass is 428 g/mol. The van der Waals surface area contributed by atoms with Crippen LogP contribution in [0.4, 0.5) is 0 Å². The van der Waals surface area contributed by atoms with Gasteiger partial charge in [-0.2, -0.15) is 0 Å². The molecule has 0 unspecified atom stereocenters. The number of allylic oxidation sites excluding steroid dienone is 1. The molecule has 1 aliphatic heterocycles. The van der Waals surface area contributed by atoms with Gasteiger partial charge in [0.25, 0.3) is 0 Å². The fraction of sp³-hybridized carbons (Fsp3) is 0.115. The van der Waals surface area contributed by atoms with Gasteiger partial charge in [0, 0.05) is 5.56 Å². The first-order valence-electron chi connectivity index (χ1n) is 9.97. The number of fused-ring (bicyclic) bond motifs is 1. The molecule has 4 rings (SSSR count). The van der Waals surface area contributed by atoms with Crippen LogP contribution in [0, 0.1) is 6.92 Å². The molecule has 0 amide bonds. The van der Waals surface area contributed by atoms with Crippen molar-refractivity contribution in [2.45, 2.75) is 13.3 Å². The van der Waals surface area contributed by atoms with Gasteiger partial charge in [-0.25, -0.2) is 4.79 Å². The number of esters is 2. The van der Waals surface area contributed by atoms with E-state index < -0.39 is 11.9 Å². The normalized spacial score (nSPS) is 13.4. The van der Waals surface area contributed by atoms with Crippen molar-refractivity contribution in [3.63, 3.8) is 0 Å². The lowest BCUT2D eigenvalue weighted by molar-refractivity contribution is -0.133. The maximum atomic E-state index is 12.8. The van der Waals surface area contributed by atoms with E-state index in [1.807, 2.05) is 30.3 Å². The lowest BCUT2D eigenvalue weighted by Gasteiger charge is -2.10. The molecule has 32 heavy (non-hydrogen) atoms. The van der Waals surface area contributed by atoms with E-state index in [-0.39, 0.29) is 18.0 Å². The highest BCUT2D eigenvalue weighted by atomic mass is 16.5. The molecule has 0 saturated heterocycles. The van der Waals surface area contributed by atoms with Gasteiger partial charge in [0.1, 0.15) is 11.5 Å². The van der Waals surface area contributed by atoms with Crippen LogP contribution in [0.3, 0.4) is 0 Å². The summed E-state index contributed by atoms with van der Waals surface area (Å²) in [5.74, 6) is -0.220. The Bertz CT molecular complexity index is 1220. The smallest absolute Gasteiger partial charge is 0.337 e. The molecule has 0 aliphatic carbocycles. The van der Waals surface area contributed by atoms with Crippen molar-refractivity contribution >= 4 is 23.8 Å². The first-order chi connectivity index (χ1) is 15.5. The average molecular weight is 428 g/mol. The van der Waals surface area contributed by atoms with E-state index in [2.05, 4.69) is 4.74 Å². The third-order valence-corrected chi connectivity index (χ3v) is 5.08. The minimum absolute atomic E-state index is 0.143. The first-order valence-corrected chi connectivity index (χ1v) is 9.97. The number of Topliss-reactive ketones (excluding diaryl/α,β-unsaturated/α-hetero) is 1. The summed E-state index contributed by atoms with van der Waals surface area (Å²) < 4.78 is 16.0. The highest BCUT2D eigenvalue weighted by Crippen LogP contribution is 2.39. The van der Waals surface area contributed by atoms with Crippen molar-refractivity contribution in [1.82, 2.24) is 0 Å². The van der Waals surface area contributed by atoms with Crippen LogP contribution < -0.4 is 9.47 Å². The zero-order chi connectivity index (χ0) is 22.7. The Morgan fingerprint density at radius 1 is 0.969 bits per heavy atom. The number of rotatable bonds is 5. The zero-order valence-electron chi connectivity index (χ0n) is 17.6. The van der Waals surface area contributed by atoms with Crippen LogP contribution in [-0.2, 0) is 16.0 Å². The van der Waals surface area contributed by atoms with E-state index in [9.17, 15) is 14.4 Å².